The highest BCUT2D eigenvalue weighted by Gasteiger charge is 1.86. The van der Waals surface area contributed by atoms with Gasteiger partial charge in [0.15, 0.2) is 12.4 Å². The first-order valence-corrected chi connectivity index (χ1v) is 2.17. The Morgan fingerprint density at radius 3 is 2.25 bits per heavy atom. The molecule has 42 valence electrons. The molecule has 0 radical (unpaired) electrons. The van der Waals surface area contributed by atoms with Crippen LogP contribution in [-0.4, -0.2) is 5.11 Å². The fourth-order valence-corrected chi connectivity index (χ4v) is 0.405. The maximum atomic E-state index is 10.2. The number of pyridine rings is 1. The molecule has 0 unspecified atom stereocenters. The van der Waals surface area contributed by atoms with Crippen LogP contribution in [0.1, 0.15) is 0 Å². The third-order valence-electron chi connectivity index (χ3n) is 0.784. The second-order valence-corrected chi connectivity index (χ2v) is 1.42. The SMILES string of the molecule is [O-][n+]1ccc(O)cc1. The number of nitrogens with zero attached hydrogens (tertiary/aromatic N) is 1. The Bertz CT molecular complexity index is 149. The second-order valence-electron chi connectivity index (χ2n) is 1.42. The molecule has 0 saturated heterocycles. The van der Waals surface area contributed by atoms with E-state index < -0.39 is 0 Å². The van der Waals surface area contributed by atoms with E-state index in [0.29, 0.717) is 4.73 Å². The van der Waals surface area contributed by atoms with Crippen molar-refractivity contribution in [3.63, 3.8) is 0 Å². The molecule has 1 heterocycles. The van der Waals surface area contributed by atoms with Crippen molar-refractivity contribution >= 4 is 0 Å². The molecule has 1 aromatic rings. The summed E-state index contributed by atoms with van der Waals surface area (Å²) in [6.45, 7) is 0. The number of hydrogen-bond acceptors (Lipinski definition) is 2. The summed E-state index contributed by atoms with van der Waals surface area (Å²) in [7, 11) is 0. The van der Waals surface area contributed by atoms with Gasteiger partial charge >= 0.3 is 0 Å². The van der Waals surface area contributed by atoms with Crippen molar-refractivity contribution in [1.29, 1.82) is 0 Å². The van der Waals surface area contributed by atoms with Crippen LogP contribution in [0.15, 0.2) is 24.5 Å². The molecule has 0 aromatic carbocycles. The summed E-state index contributed by atoms with van der Waals surface area (Å²) >= 11 is 0. The van der Waals surface area contributed by atoms with E-state index >= 15 is 0 Å². The molecule has 0 amide bonds. The fourth-order valence-electron chi connectivity index (χ4n) is 0.405. The molecule has 0 bridgehead atoms. The van der Waals surface area contributed by atoms with Gasteiger partial charge in [0.1, 0.15) is 5.75 Å². The fraction of sp³-hybridized carbons (Fsp3) is 0. The van der Waals surface area contributed by atoms with Gasteiger partial charge in [0.05, 0.1) is 0 Å². The van der Waals surface area contributed by atoms with Gasteiger partial charge < -0.3 is 10.3 Å². The molecule has 1 rings (SSSR count). The topological polar surface area (TPSA) is 47.2 Å². The van der Waals surface area contributed by atoms with Gasteiger partial charge in [-0.15, -0.1) is 0 Å². The third-order valence-corrected chi connectivity index (χ3v) is 0.784. The predicted molar refractivity (Wildman–Crippen MR) is 27.1 cm³/mol. The van der Waals surface area contributed by atoms with Crippen molar-refractivity contribution in [2.45, 2.75) is 0 Å². The smallest absolute Gasteiger partial charge is 0.184 e. The first-order chi connectivity index (χ1) is 3.79. The summed E-state index contributed by atoms with van der Waals surface area (Å²) in [5.41, 5.74) is 0. The average molecular weight is 111 g/mol. The van der Waals surface area contributed by atoms with Gasteiger partial charge in [-0.3, -0.25) is 0 Å². The number of rotatable bonds is 0. The lowest BCUT2D eigenvalue weighted by Crippen LogP contribution is -2.22. The van der Waals surface area contributed by atoms with Crippen molar-refractivity contribution in [3.8, 4) is 5.75 Å². The Balaban J connectivity index is 3.03. The van der Waals surface area contributed by atoms with Gasteiger partial charge in [0.2, 0.25) is 0 Å². The summed E-state index contributed by atoms with van der Waals surface area (Å²) in [6.07, 6.45) is 2.46. The highest BCUT2D eigenvalue weighted by molar-refractivity contribution is 5.11. The Hall–Kier alpha value is -1.25. The van der Waals surface area contributed by atoms with Gasteiger partial charge in [-0.05, 0) is 0 Å². The van der Waals surface area contributed by atoms with Crippen LogP contribution in [0, 0.1) is 5.21 Å². The van der Waals surface area contributed by atoms with Crippen molar-refractivity contribution in [2.24, 2.45) is 0 Å². The van der Waals surface area contributed by atoms with Crippen LogP contribution in [0.3, 0.4) is 0 Å². The quantitative estimate of drug-likeness (QED) is 0.379. The highest BCUT2D eigenvalue weighted by Crippen LogP contribution is 1.99. The monoisotopic (exact) mass is 111 g/mol. The van der Waals surface area contributed by atoms with Crippen LogP contribution in [0.25, 0.3) is 0 Å². The van der Waals surface area contributed by atoms with Crippen molar-refractivity contribution in [3.05, 3.63) is 29.7 Å². The summed E-state index contributed by atoms with van der Waals surface area (Å²) in [4.78, 5) is 0. The minimum atomic E-state index is 0.108. The van der Waals surface area contributed by atoms with Crippen molar-refractivity contribution in [1.82, 2.24) is 0 Å². The van der Waals surface area contributed by atoms with Gasteiger partial charge in [0, 0.05) is 12.1 Å². The van der Waals surface area contributed by atoms with Crippen molar-refractivity contribution in [2.75, 3.05) is 0 Å². The lowest BCUT2D eigenvalue weighted by Gasteiger charge is -1.91. The first-order valence-electron chi connectivity index (χ1n) is 2.17. The molecule has 8 heavy (non-hydrogen) atoms. The van der Waals surface area contributed by atoms with Crippen LogP contribution in [0.4, 0.5) is 0 Å². The number of aromatic nitrogens is 1. The van der Waals surface area contributed by atoms with E-state index in [1.807, 2.05) is 0 Å². The first kappa shape index (κ1) is 4.90. The lowest BCUT2D eigenvalue weighted by atomic mass is 10.5. The standard InChI is InChI=1S/C5H5NO2/c7-5-1-3-6(8)4-2-5/h1-4,7H. The maximum absolute atomic E-state index is 10.2. The van der Waals surface area contributed by atoms with Gasteiger partial charge in [-0.1, -0.05) is 0 Å². The molecular weight excluding hydrogens is 106 g/mol. The molecule has 0 fully saturated rings. The summed E-state index contributed by atoms with van der Waals surface area (Å²) < 4.78 is 0.611. The summed E-state index contributed by atoms with van der Waals surface area (Å²) in [6, 6.07) is 2.65. The van der Waals surface area contributed by atoms with Crippen LogP contribution in [0.2, 0.25) is 0 Å². The van der Waals surface area contributed by atoms with Gasteiger partial charge in [-0.25, -0.2) is 0 Å². The zero-order chi connectivity index (χ0) is 5.98. The third kappa shape index (κ3) is 0.872. The predicted octanol–water partition coefficient (Wildman–Crippen LogP) is 0.0256. The largest absolute Gasteiger partial charge is 0.619 e. The second kappa shape index (κ2) is 1.69. The molecule has 0 saturated carbocycles. The van der Waals surface area contributed by atoms with E-state index in [2.05, 4.69) is 0 Å². The molecular formula is C5H5NO2. The van der Waals surface area contributed by atoms with E-state index in [1.54, 1.807) is 0 Å². The molecule has 0 aliphatic rings. The molecule has 0 aliphatic heterocycles. The lowest BCUT2D eigenvalue weighted by molar-refractivity contribution is -0.605. The zero-order valence-electron chi connectivity index (χ0n) is 4.11. The van der Waals surface area contributed by atoms with Crippen LogP contribution >= 0.6 is 0 Å². The van der Waals surface area contributed by atoms with E-state index in [9.17, 15) is 5.21 Å². The van der Waals surface area contributed by atoms with E-state index in [-0.39, 0.29) is 5.75 Å². The van der Waals surface area contributed by atoms with E-state index in [0.717, 1.165) is 0 Å². The minimum absolute atomic E-state index is 0.108. The minimum Gasteiger partial charge on any atom is -0.619 e. The number of aromatic hydroxyl groups is 1. The van der Waals surface area contributed by atoms with Gasteiger partial charge in [0.25, 0.3) is 0 Å². The molecule has 1 aromatic heterocycles. The summed E-state index contributed by atoms with van der Waals surface area (Å²) in [5.74, 6) is 0.108. The highest BCUT2D eigenvalue weighted by atomic mass is 16.5. The van der Waals surface area contributed by atoms with Gasteiger partial charge in [-0.2, -0.15) is 4.73 Å². The molecule has 3 nitrogen and oxygen atoms in total. The van der Waals surface area contributed by atoms with E-state index in [1.165, 1.54) is 24.5 Å². The molecule has 0 spiro atoms. The average Bonchev–Trinajstić information content (AvgIpc) is 1.77. The Kier molecular flexibility index (Phi) is 1.04. The maximum Gasteiger partial charge on any atom is 0.184 e. The normalized spacial score (nSPS) is 9.00. The molecule has 0 atom stereocenters. The van der Waals surface area contributed by atoms with Crippen LogP contribution < -0.4 is 4.73 Å². The van der Waals surface area contributed by atoms with Crippen LogP contribution in [-0.2, 0) is 0 Å². The Labute approximate surface area is 46.4 Å². The zero-order valence-corrected chi connectivity index (χ0v) is 4.11. The Morgan fingerprint density at radius 2 is 1.88 bits per heavy atom. The summed E-state index contributed by atoms with van der Waals surface area (Å²) in [5, 5.41) is 18.8. The molecule has 0 aliphatic carbocycles. The van der Waals surface area contributed by atoms with E-state index in [4.69, 9.17) is 5.11 Å². The Morgan fingerprint density at radius 1 is 1.38 bits per heavy atom. The van der Waals surface area contributed by atoms with Crippen molar-refractivity contribution < 1.29 is 9.84 Å². The van der Waals surface area contributed by atoms with Crippen LogP contribution in [0.5, 0.6) is 5.75 Å². The number of hydrogen-bond donors (Lipinski definition) is 1. The molecule has 3 heteroatoms. The molecule has 1 N–H and O–H groups in total.